The van der Waals surface area contributed by atoms with Crippen LogP contribution in [0.15, 0.2) is 11.0 Å². The van der Waals surface area contributed by atoms with Gasteiger partial charge in [0.15, 0.2) is 0 Å². The van der Waals surface area contributed by atoms with Crippen molar-refractivity contribution in [1.29, 1.82) is 0 Å². The van der Waals surface area contributed by atoms with Gasteiger partial charge in [-0.25, -0.2) is 9.78 Å². The van der Waals surface area contributed by atoms with E-state index in [1.807, 2.05) is 5.32 Å². The molecule has 3 amide bonds. The molecule has 1 saturated heterocycles. The Labute approximate surface area is 91.1 Å². The number of carbonyl (C=O) groups is 2. The van der Waals surface area contributed by atoms with Crippen LogP contribution < -0.4 is 16.2 Å². The molecule has 80 valence electrons. The first-order chi connectivity index (χ1) is 7.43. The zero-order valence-corrected chi connectivity index (χ0v) is 8.33. The molecule has 1 atom stereocenters. The number of rotatable bonds is 1. The first kappa shape index (κ1) is 10.4. The van der Waals surface area contributed by atoms with E-state index in [-0.39, 0.29) is 5.56 Å². The fraction of sp³-hybridized carbons (Fsp3) is 0.250. The Balaban J connectivity index is 2.56. The van der Waals surface area contributed by atoms with Crippen LogP contribution in [0.1, 0.15) is 11.4 Å². The van der Waals surface area contributed by atoms with Gasteiger partial charge in [-0.15, -0.1) is 0 Å². The van der Waals surface area contributed by atoms with Crippen molar-refractivity contribution in [3.63, 3.8) is 0 Å². The molecule has 1 fully saturated rings. The number of hydrogen-bond acceptors (Lipinski definition) is 4. The number of nitrogens with zero attached hydrogens (tertiary/aromatic N) is 1. The second-order valence-electron chi connectivity index (χ2n) is 3.43. The average molecular weight is 218 g/mol. The minimum atomic E-state index is -1.86. The monoisotopic (exact) mass is 218 g/mol. The molecular formula is C8H7BN4O3. The summed E-state index contributed by atoms with van der Waals surface area (Å²) in [5.41, 5.74) is -2.53. The number of imide groups is 1. The summed E-state index contributed by atoms with van der Waals surface area (Å²) in [4.78, 5) is 40.2. The zero-order chi connectivity index (χ0) is 11.9. The maximum absolute atomic E-state index is 11.6. The molecule has 0 saturated carbocycles. The quantitative estimate of drug-likeness (QED) is 0.383. The SMILES string of the molecule is [B][C@@]1(c2cnc(C)[nH]c2=O)NC(=O)NC1=O. The maximum atomic E-state index is 11.6. The van der Waals surface area contributed by atoms with Gasteiger partial charge in [0.05, 0.1) is 5.56 Å². The molecule has 2 heterocycles. The van der Waals surface area contributed by atoms with Gasteiger partial charge < -0.3 is 10.3 Å². The van der Waals surface area contributed by atoms with Crippen LogP contribution in [0.25, 0.3) is 0 Å². The van der Waals surface area contributed by atoms with E-state index in [1.165, 1.54) is 6.20 Å². The molecule has 8 heteroatoms. The van der Waals surface area contributed by atoms with Gasteiger partial charge >= 0.3 is 6.03 Å². The Hall–Kier alpha value is -2.12. The molecule has 1 aliphatic heterocycles. The number of carbonyl (C=O) groups excluding carboxylic acids is 2. The van der Waals surface area contributed by atoms with Gasteiger partial charge in [-0.1, -0.05) is 0 Å². The lowest BCUT2D eigenvalue weighted by Gasteiger charge is -2.19. The van der Waals surface area contributed by atoms with E-state index in [9.17, 15) is 14.4 Å². The zero-order valence-electron chi connectivity index (χ0n) is 8.33. The van der Waals surface area contributed by atoms with Gasteiger partial charge in [-0.05, 0) is 6.92 Å². The van der Waals surface area contributed by atoms with Crippen LogP contribution in [0.4, 0.5) is 4.79 Å². The third-order valence-electron chi connectivity index (χ3n) is 2.25. The number of amides is 3. The highest BCUT2D eigenvalue weighted by atomic mass is 16.2. The molecular weight excluding hydrogens is 211 g/mol. The second-order valence-corrected chi connectivity index (χ2v) is 3.43. The first-order valence-corrected chi connectivity index (χ1v) is 4.42. The molecule has 0 bridgehead atoms. The number of hydrogen-bond donors (Lipinski definition) is 3. The highest BCUT2D eigenvalue weighted by Crippen LogP contribution is 2.16. The third kappa shape index (κ3) is 1.39. The van der Waals surface area contributed by atoms with E-state index in [1.54, 1.807) is 6.92 Å². The fourth-order valence-electron chi connectivity index (χ4n) is 1.42. The van der Waals surface area contributed by atoms with Gasteiger partial charge in [-0.3, -0.25) is 14.9 Å². The Kier molecular flexibility index (Phi) is 2.07. The normalized spacial score (nSPS) is 24.1. The van der Waals surface area contributed by atoms with Gasteiger partial charge in [0, 0.05) is 6.20 Å². The molecule has 2 radical (unpaired) electrons. The van der Waals surface area contributed by atoms with Gasteiger partial charge in [-0.2, -0.15) is 0 Å². The Bertz CT molecular complexity index is 540. The molecule has 0 unspecified atom stereocenters. The minimum Gasteiger partial charge on any atom is -0.328 e. The molecule has 0 aliphatic carbocycles. The standard InChI is InChI=1S/C8H7BN4O3/c1-3-10-2-4(5(14)11-3)8(9)6(15)12-7(16)13-8/h2H,1H3,(H,10,11,14)(H2,12,13,15,16)/t8-/m0/s1. The van der Waals surface area contributed by atoms with Crippen molar-refractivity contribution < 1.29 is 9.59 Å². The summed E-state index contributed by atoms with van der Waals surface area (Å²) >= 11 is 0. The number of aryl methyl sites for hydroxylation is 1. The van der Waals surface area contributed by atoms with Crippen molar-refractivity contribution in [2.75, 3.05) is 0 Å². The Morgan fingerprint density at radius 3 is 2.56 bits per heavy atom. The van der Waals surface area contributed by atoms with E-state index >= 15 is 0 Å². The van der Waals surface area contributed by atoms with E-state index in [4.69, 9.17) is 7.85 Å². The van der Waals surface area contributed by atoms with Crippen LogP contribution in [-0.2, 0) is 10.2 Å². The van der Waals surface area contributed by atoms with Crippen LogP contribution >= 0.6 is 0 Å². The fourth-order valence-corrected chi connectivity index (χ4v) is 1.42. The number of H-pyrrole nitrogens is 1. The summed E-state index contributed by atoms with van der Waals surface area (Å²) in [6, 6.07) is -0.743. The molecule has 2 rings (SSSR count). The van der Waals surface area contributed by atoms with Crippen molar-refractivity contribution in [3.05, 3.63) is 27.9 Å². The molecule has 1 aliphatic rings. The topological polar surface area (TPSA) is 104 Å². The molecule has 0 aromatic carbocycles. The van der Waals surface area contributed by atoms with Crippen molar-refractivity contribution in [3.8, 4) is 0 Å². The van der Waals surface area contributed by atoms with Gasteiger partial charge in [0.2, 0.25) is 5.91 Å². The van der Waals surface area contributed by atoms with Crippen LogP contribution in [0.5, 0.6) is 0 Å². The number of urea groups is 1. The molecule has 7 nitrogen and oxygen atoms in total. The lowest BCUT2D eigenvalue weighted by Crippen LogP contribution is -2.48. The second kappa shape index (κ2) is 3.19. The summed E-state index contributed by atoms with van der Waals surface area (Å²) in [5.74, 6) is -0.393. The molecule has 1 aromatic rings. The molecule has 3 N–H and O–H groups in total. The first-order valence-electron chi connectivity index (χ1n) is 4.42. The van der Waals surface area contributed by atoms with Crippen molar-refractivity contribution >= 4 is 19.8 Å². The van der Waals surface area contributed by atoms with E-state index in [2.05, 4.69) is 15.3 Å². The number of aromatic nitrogens is 2. The van der Waals surface area contributed by atoms with Crippen LogP contribution in [-0.4, -0.2) is 29.8 Å². The van der Waals surface area contributed by atoms with Crippen LogP contribution in [0.3, 0.4) is 0 Å². The summed E-state index contributed by atoms with van der Waals surface area (Å²) in [5, 5.41) is 4.13. The lowest BCUT2D eigenvalue weighted by molar-refractivity contribution is -0.121. The van der Waals surface area contributed by atoms with E-state index in [0.29, 0.717) is 5.82 Å². The summed E-state index contributed by atoms with van der Waals surface area (Å²) in [7, 11) is 5.66. The van der Waals surface area contributed by atoms with Crippen molar-refractivity contribution in [1.82, 2.24) is 20.6 Å². The minimum absolute atomic E-state index is 0.110. The molecule has 0 spiro atoms. The van der Waals surface area contributed by atoms with Crippen LogP contribution in [0.2, 0.25) is 0 Å². The van der Waals surface area contributed by atoms with Crippen LogP contribution in [0, 0.1) is 6.92 Å². The van der Waals surface area contributed by atoms with Gasteiger partial charge in [0.1, 0.15) is 19.1 Å². The highest BCUT2D eigenvalue weighted by molar-refractivity contribution is 6.33. The largest absolute Gasteiger partial charge is 0.328 e. The average Bonchev–Trinajstić information content (AvgIpc) is 2.40. The molecule has 1 aromatic heterocycles. The van der Waals surface area contributed by atoms with Crippen molar-refractivity contribution in [2.45, 2.75) is 12.4 Å². The Morgan fingerprint density at radius 2 is 2.06 bits per heavy atom. The van der Waals surface area contributed by atoms with Crippen molar-refractivity contribution in [2.24, 2.45) is 0 Å². The summed E-state index contributed by atoms with van der Waals surface area (Å²) in [6.45, 7) is 1.58. The molecule has 16 heavy (non-hydrogen) atoms. The number of nitrogens with one attached hydrogen (secondary N) is 3. The Morgan fingerprint density at radius 1 is 1.38 bits per heavy atom. The summed E-state index contributed by atoms with van der Waals surface area (Å²) in [6.07, 6.45) is 1.17. The highest BCUT2D eigenvalue weighted by Gasteiger charge is 2.44. The number of aromatic amines is 1. The predicted molar refractivity (Wildman–Crippen MR) is 53.7 cm³/mol. The predicted octanol–water partition coefficient (Wildman–Crippen LogP) is -1.76. The van der Waals surface area contributed by atoms with E-state index in [0.717, 1.165) is 0 Å². The summed E-state index contributed by atoms with van der Waals surface area (Å²) < 4.78 is 0. The lowest BCUT2D eigenvalue weighted by atomic mass is 9.73. The van der Waals surface area contributed by atoms with Gasteiger partial charge in [0.25, 0.3) is 5.56 Å². The third-order valence-corrected chi connectivity index (χ3v) is 2.25. The van der Waals surface area contributed by atoms with E-state index < -0.39 is 22.9 Å². The smallest absolute Gasteiger partial charge is 0.322 e. The maximum Gasteiger partial charge on any atom is 0.322 e.